The minimum atomic E-state index is -0.425. The standard InChI is InChI=1S/C77H24/c1-75(2,3)14-9-10-15(76(4,5)6)13(12-14)8-7-11-77-72-68-62-48-40-32-20-17-16-18-21(20)33-35-31-25(18)27-23-19(16)22-26-24(17)30-34(32)46(48)54-52-38(30)36(26)44-42-28(22)29(23)43-45-37(27)39(31)53-55-47(35)49(41(33)40)63(62)69(72)65(55)67-59(53)57(45)61-51(43)50(42)60-56(44)58(52)66(64(54)68)73(77)70(60)71(61)74(67)77/h8-12,72H,1-6H3. The van der Waals surface area contributed by atoms with E-state index >= 15 is 0 Å². The summed E-state index contributed by atoms with van der Waals surface area (Å²) < 4.78 is 0. The van der Waals surface area contributed by atoms with Crippen LogP contribution in [0.15, 0.2) is 30.0 Å². The van der Waals surface area contributed by atoms with Crippen LogP contribution in [0.2, 0.25) is 0 Å². The fraction of sp³-hybridized carbons (Fsp3) is 0.130. The summed E-state index contributed by atoms with van der Waals surface area (Å²) in [5.41, 5.74) is 14.9. The molecule has 4 aliphatic carbocycles. The smallest absolute Gasteiger partial charge is 0.0590 e. The van der Waals surface area contributed by atoms with Gasteiger partial charge in [0.05, 0.1) is 5.41 Å². The largest absolute Gasteiger partial charge is 0.123 e. The number of hydrogen-bond donors (Lipinski definition) is 0. The summed E-state index contributed by atoms with van der Waals surface area (Å²) in [7, 11) is 0. The molecule has 77 heavy (non-hydrogen) atoms. The van der Waals surface area contributed by atoms with Crippen molar-refractivity contribution in [2.45, 2.75) is 63.7 Å². The van der Waals surface area contributed by atoms with Crippen molar-refractivity contribution < 1.29 is 0 Å². The van der Waals surface area contributed by atoms with Gasteiger partial charge >= 0.3 is 0 Å². The first-order valence-electron chi connectivity index (χ1n) is 29.0. The lowest BCUT2D eigenvalue weighted by molar-refractivity contribution is 0.576. The third kappa shape index (κ3) is 1.89. The molecule has 0 amide bonds. The molecule has 0 radical (unpaired) electrons. The van der Waals surface area contributed by atoms with Crippen LogP contribution in [0.4, 0.5) is 0 Å². The Hall–Kier alpha value is -8.80. The first-order chi connectivity index (χ1) is 37.7. The molecule has 0 bridgehead atoms. The Labute approximate surface area is 427 Å². The monoisotopic (exact) mass is 948 g/mol. The molecule has 0 spiro atoms. The molecule has 332 valence electrons. The van der Waals surface area contributed by atoms with Crippen molar-refractivity contribution in [3.05, 3.63) is 69.0 Å². The van der Waals surface area contributed by atoms with Gasteiger partial charge in [-0.1, -0.05) is 59.7 Å². The average Bonchev–Trinajstić information content (AvgIpc) is 1.89. The molecular weight excluding hydrogens is 925 g/mol. The lowest BCUT2D eigenvalue weighted by Gasteiger charge is -2.43. The van der Waals surface area contributed by atoms with Crippen LogP contribution in [0.25, 0.3) is 297 Å². The van der Waals surface area contributed by atoms with Gasteiger partial charge in [0.2, 0.25) is 0 Å². The summed E-state index contributed by atoms with van der Waals surface area (Å²) in [5.74, 6) is 0.178. The third-order valence-corrected chi connectivity index (χ3v) is 26.5. The van der Waals surface area contributed by atoms with Crippen molar-refractivity contribution >= 4 is 297 Å². The predicted octanol–water partition coefficient (Wildman–Crippen LogP) is 21.6. The molecule has 33 rings (SSSR count). The van der Waals surface area contributed by atoms with Gasteiger partial charge in [0.15, 0.2) is 0 Å². The van der Waals surface area contributed by atoms with E-state index in [0.717, 1.165) is 0 Å². The lowest BCUT2D eigenvalue weighted by atomic mass is 9.57. The number of rotatable bonds is 2. The van der Waals surface area contributed by atoms with Crippen molar-refractivity contribution in [3.63, 3.8) is 0 Å². The second-order valence-corrected chi connectivity index (χ2v) is 29.9. The van der Waals surface area contributed by atoms with Crippen molar-refractivity contribution in [3.8, 4) is 0 Å². The second-order valence-electron chi connectivity index (χ2n) is 29.9. The maximum atomic E-state index is 4.35. The van der Waals surface area contributed by atoms with Crippen molar-refractivity contribution in [1.82, 2.24) is 0 Å². The van der Waals surface area contributed by atoms with E-state index in [9.17, 15) is 0 Å². The highest BCUT2D eigenvalue weighted by atomic mass is 14.6. The molecule has 29 aromatic carbocycles. The molecule has 4 aliphatic rings. The number of allylic oxidation sites excluding steroid dienone is 1. The van der Waals surface area contributed by atoms with Gasteiger partial charge < -0.3 is 0 Å². The Morgan fingerprint density at radius 1 is 0.299 bits per heavy atom. The van der Waals surface area contributed by atoms with Crippen LogP contribution in [0, 0.1) is 0 Å². The van der Waals surface area contributed by atoms with E-state index in [4.69, 9.17) is 0 Å². The zero-order valence-electron chi connectivity index (χ0n) is 42.0. The zero-order valence-corrected chi connectivity index (χ0v) is 42.0. The zero-order chi connectivity index (χ0) is 47.5. The van der Waals surface area contributed by atoms with E-state index in [-0.39, 0.29) is 16.7 Å². The molecule has 0 nitrogen and oxygen atoms in total. The summed E-state index contributed by atoms with van der Waals surface area (Å²) >= 11 is 0. The Kier molecular flexibility index (Phi) is 2.96. The molecule has 0 aromatic heterocycles. The molecule has 0 saturated carbocycles. The lowest BCUT2D eigenvalue weighted by Crippen LogP contribution is -2.35. The Bertz CT molecular complexity index is 7510. The minimum Gasteiger partial charge on any atom is -0.123 e. The third-order valence-electron chi connectivity index (χ3n) is 26.5. The predicted molar refractivity (Wildman–Crippen MR) is 331 cm³/mol. The summed E-state index contributed by atoms with van der Waals surface area (Å²) in [6.07, 6.45) is 5.24. The van der Waals surface area contributed by atoms with Gasteiger partial charge in [0, 0.05) is 5.92 Å². The van der Waals surface area contributed by atoms with Crippen molar-refractivity contribution in [2.24, 2.45) is 0 Å². The Morgan fingerprint density at radius 2 is 0.532 bits per heavy atom. The highest BCUT2D eigenvalue weighted by molar-refractivity contribution is 6.82. The molecule has 0 fully saturated rings. The number of benzene rings is 19. The SMILES string of the molecule is CC(C)(C)c1ccc(C(C)(C)C)c(C=C=CC23c4c5c6c7c8c9c(c%10c%11c2c2c4c4c%12c5c5c6c6c8c8c%13c9c9c%10c%10c%11c%11c2c2c4c4c%12c%12c5c5c6c8c6c8c%13c9c9c%10c%10c%11c2c2c4c4c%12c5c6c5c8c9c%10c2c45)C73)c1. The van der Waals surface area contributed by atoms with Crippen LogP contribution >= 0.6 is 0 Å². The molecule has 0 unspecified atom stereocenters. The van der Waals surface area contributed by atoms with Gasteiger partial charge in [-0.2, -0.15) is 0 Å². The molecule has 0 N–H and O–H groups in total. The van der Waals surface area contributed by atoms with Gasteiger partial charge in [-0.25, -0.2) is 0 Å². The van der Waals surface area contributed by atoms with E-state index in [1.165, 1.54) is 16.7 Å². The van der Waals surface area contributed by atoms with E-state index in [1.807, 2.05) is 0 Å². The summed E-state index contributed by atoms with van der Waals surface area (Å²) in [4.78, 5) is 0. The van der Waals surface area contributed by atoms with Crippen LogP contribution in [-0.4, -0.2) is 0 Å². The van der Waals surface area contributed by atoms with Gasteiger partial charge in [0.25, 0.3) is 0 Å². The van der Waals surface area contributed by atoms with Crippen molar-refractivity contribution in [2.75, 3.05) is 0 Å². The van der Waals surface area contributed by atoms with Crippen LogP contribution in [-0.2, 0) is 16.2 Å². The fourth-order valence-electron chi connectivity index (χ4n) is 25.6. The maximum absolute atomic E-state index is 4.35. The van der Waals surface area contributed by atoms with Gasteiger partial charge in [-0.3, -0.25) is 0 Å². The van der Waals surface area contributed by atoms with E-state index in [1.54, 1.807) is 313 Å². The molecule has 0 heteroatoms. The molecule has 29 aromatic rings. The second kappa shape index (κ2) is 7.27. The van der Waals surface area contributed by atoms with E-state index in [0.29, 0.717) is 0 Å². The molecule has 0 aliphatic heterocycles. The Morgan fingerprint density at radius 3 is 0.792 bits per heavy atom. The van der Waals surface area contributed by atoms with Gasteiger partial charge in [-0.15, -0.1) is 5.73 Å². The van der Waals surface area contributed by atoms with Crippen molar-refractivity contribution in [1.29, 1.82) is 0 Å². The Balaban J connectivity index is 1.04. The van der Waals surface area contributed by atoms with E-state index in [2.05, 4.69) is 77.6 Å². The number of hydrogen-bond acceptors (Lipinski definition) is 0. The van der Waals surface area contributed by atoms with Crippen LogP contribution in [0.1, 0.15) is 86.4 Å². The summed E-state index contributed by atoms with van der Waals surface area (Å²) in [5, 5.41) is 89.3. The maximum Gasteiger partial charge on any atom is 0.0590 e. The van der Waals surface area contributed by atoms with E-state index < -0.39 is 5.41 Å². The first kappa shape index (κ1) is 31.3. The fourth-order valence-corrected chi connectivity index (χ4v) is 25.6. The highest BCUT2D eigenvalue weighted by Gasteiger charge is 2.62. The van der Waals surface area contributed by atoms with Crippen LogP contribution in [0.5, 0.6) is 0 Å². The van der Waals surface area contributed by atoms with Gasteiger partial charge in [0.1, 0.15) is 0 Å². The topological polar surface area (TPSA) is 0 Å². The summed E-state index contributed by atoms with van der Waals surface area (Å²) in [6.45, 7) is 14.3. The first-order valence-corrected chi connectivity index (χ1v) is 29.0. The molecule has 0 saturated heterocycles. The van der Waals surface area contributed by atoms with Crippen LogP contribution in [0.3, 0.4) is 0 Å². The molecule has 0 atom stereocenters. The molecular formula is C77H24. The summed E-state index contributed by atoms with van der Waals surface area (Å²) in [6, 6.07) is 7.37. The quantitative estimate of drug-likeness (QED) is 0.120. The normalized spacial score (nSPS) is 20.2. The van der Waals surface area contributed by atoms with Gasteiger partial charge in [-0.05, 0) is 353 Å². The van der Waals surface area contributed by atoms with Crippen LogP contribution < -0.4 is 0 Å². The average molecular weight is 949 g/mol. The molecule has 0 heterocycles. The minimum absolute atomic E-state index is 0.0111. The highest BCUT2D eigenvalue weighted by Crippen LogP contribution is 2.83.